The standard InChI is InChI=1S/C13H17F2NO2/c1-2-10-8-18-4-3-16(10)7-9-5-11(14)13(17)12(15)6-9/h5-6,10,17H,2-4,7-8H2,1H3. The zero-order chi connectivity index (χ0) is 13.1. The highest BCUT2D eigenvalue weighted by molar-refractivity contribution is 5.30. The maximum Gasteiger partial charge on any atom is 0.187 e. The van der Waals surface area contributed by atoms with Crippen molar-refractivity contribution in [2.24, 2.45) is 0 Å². The van der Waals surface area contributed by atoms with Crippen molar-refractivity contribution < 1.29 is 18.6 Å². The number of benzene rings is 1. The van der Waals surface area contributed by atoms with Crippen molar-refractivity contribution in [3.63, 3.8) is 0 Å². The summed E-state index contributed by atoms with van der Waals surface area (Å²) in [6.07, 6.45) is 0.934. The number of halogens is 2. The third-order valence-corrected chi connectivity index (χ3v) is 3.28. The molecule has 1 aromatic carbocycles. The summed E-state index contributed by atoms with van der Waals surface area (Å²) in [5.41, 5.74) is 0.531. The average Bonchev–Trinajstić information content (AvgIpc) is 2.36. The Morgan fingerprint density at radius 1 is 1.39 bits per heavy atom. The number of rotatable bonds is 3. The Labute approximate surface area is 105 Å². The first kappa shape index (κ1) is 13.2. The van der Waals surface area contributed by atoms with Gasteiger partial charge in [0, 0.05) is 19.1 Å². The second-order valence-corrected chi connectivity index (χ2v) is 4.52. The molecule has 1 heterocycles. The summed E-state index contributed by atoms with van der Waals surface area (Å²) in [5, 5.41) is 9.05. The molecule has 1 unspecified atom stereocenters. The lowest BCUT2D eigenvalue weighted by molar-refractivity contribution is -0.0128. The zero-order valence-corrected chi connectivity index (χ0v) is 10.3. The Balaban J connectivity index is 2.13. The second-order valence-electron chi connectivity index (χ2n) is 4.52. The highest BCUT2D eigenvalue weighted by atomic mass is 19.1. The predicted molar refractivity (Wildman–Crippen MR) is 63.3 cm³/mol. The molecule has 0 radical (unpaired) electrons. The minimum Gasteiger partial charge on any atom is -0.503 e. The van der Waals surface area contributed by atoms with Crippen LogP contribution in [0.3, 0.4) is 0 Å². The van der Waals surface area contributed by atoms with Crippen LogP contribution in [0.1, 0.15) is 18.9 Å². The van der Waals surface area contributed by atoms with Gasteiger partial charge in [0.1, 0.15) is 0 Å². The first-order valence-electron chi connectivity index (χ1n) is 6.10. The molecule has 0 bridgehead atoms. The van der Waals surface area contributed by atoms with E-state index in [0.29, 0.717) is 25.3 Å². The van der Waals surface area contributed by atoms with Gasteiger partial charge >= 0.3 is 0 Å². The fourth-order valence-electron chi connectivity index (χ4n) is 2.22. The molecule has 0 saturated carbocycles. The molecule has 1 aliphatic heterocycles. The Bertz CT molecular complexity index is 402. The van der Waals surface area contributed by atoms with Crippen molar-refractivity contribution in [3.8, 4) is 5.75 Å². The van der Waals surface area contributed by atoms with Crippen LogP contribution in [0.25, 0.3) is 0 Å². The number of morpholine rings is 1. The molecule has 5 heteroatoms. The lowest BCUT2D eigenvalue weighted by atomic mass is 10.1. The number of phenols is 1. The highest BCUT2D eigenvalue weighted by Gasteiger charge is 2.22. The molecule has 1 aromatic rings. The first-order chi connectivity index (χ1) is 8.61. The van der Waals surface area contributed by atoms with E-state index < -0.39 is 17.4 Å². The number of phenolic OH excluding ortho intramolecular Hbond substituents is 1. The van der Waals surface area contributed by atoms with Crippen LogP contribution in [-0.2, 0) is 11.3 Å². The molecular formula is C13H17F2NO2. The third-order valence-electron chi connectivity index (χ3n) is 3.28. The van der Waals surface area contributed by atoms with Gasteiger partial charge in [0.25, 0.3) is 0 Å². The minimum absolute atomic E-state index is 0.277. The maximum absolute atomic E-state index is 13.2. The van der Waals surface area contributed by atoms with E-state index in [1.807, 2.05) is 0 Å². The minimum atomic E-state index is -0.911. The summed E-state index contributed by atoms with van der Waals surface area (Å²) in [6, 6.07) is 2.64. The van der Waals surface area contributed by atoms with Gasteiger partial charge in [-0.25, -0.2) is 8.78 Å². The van der Waals surface area contributed by atoms with Crippen LogP contribution in [0.4, 0.5) is 8.78 Å². The summed E-state index contributed by atoms with van der Waals surface area (Å²) in [4.78, 5) is 2.15. The Morgan fingerprint density at radius 2 is 2.06 bits per heavy atom. The van der Waals surface area contributed by atoms with E-state index >= 15 is 0 Å². The van der Waals surface area contributed by atoms with E-state index in [2.05, 4.69) is 11.8 Å². The van der Waals surface area contributed by atoms with Gasteiger partial charge in [0.05, 0.1) is 13.2 Å². The Hall–Kier alpha value is -1.20. The van der Waals surface area contributed by atoms with Crippen molar-refractivity contribution >= 4 is 0 Å². The van der Waals surface area contributed by atoms with Crippen LogP contribution < -0.4 is 0 Å². The molecule has 1 atom stereocenters. The largest absolute Gasteiger partial charge is 0.503 e. The van der Waals surface area contributed by atoms with Gasteiger partial charge in [-0.1, -0.05) is 6.92 Å². The number of hydrogen-bond acceptors (Lipinski definition) is 3. The van der Waals surface area contributed by atoms with Crippen LogP contribution in [0, 0.1) is 11.6 Å². The number of aromatic hydroxyl groups is 1. The van der Waals surface area contributed by atoms with Crippen molar-refractivity contribution in [1.82, 2.24) is 4.90 Å². The monoisotopic (exact) mass is 257 g/mol. The molecule has 0 spiro atoms. The normalized spacial score (nSPS) is 21.2. The SMILES string of the molecule is CCC1COCCN1Cc1cc(F)c(O)c(F)c1. The van der Waals surface area contributed by atoms with Crippen molar-refractivity contribution in [1.29, 1.82) is 0 Å². The maximum atomic E-state index is 13.2. The molecule has 0 aromatic heterocycles. The first-order valence-corrected chi connectivity index (χ1v) is 6.10. The van der Waals surface area contributed by atoms with Crippen LogP contribution >= 0.6 is 0 Å². The molecule has 100 valence electrons. The van der Waals surface area contributed by atoms with Crippen LogP contribution in [0.2, 0.25) is 0 Å². The fourth-order valence-corrected chi connectivity index (χ4v) is 2.22. The topological polar surface area (TPSA) is 32.7 Å². The number of hydrogen-bond donors (Lipinski definition) is 1. The zero-order valence-electron chi connectivity index (χ0n) is 10.3. The summed E-state index contributed by atoms with van der Waals surface area (Å²) in [6.45, 7) is 4.57. The Morgan fingerprint density at radius 3 is 2.67 bits per heavy atom. The van der Waals surface area contributed by atoms with Gasteiger partial charge in [0.2, 0.25) is 0 Å². The van der Waals surface area contributed by atoms with Gasteiger partial charge in [-0.05, 0) is 24.1 Å². The molecule has 18 heavy (non-hydrogen) atoms. The molecule has 1 saturated heterocycles. The quantitative estimate of drug-likeness (QED) is 0.901. The lowest BCUT2D eigenvalue weighted by Gasteiger charge is -2.35. The van der Waals surface area contributed by atoms with Crippen molar-refractivity contribution in [3.05, 3.63) is 29.3 Å². The van der Waals surface area contributed by atoms with E-state index in [1.54, 1.807) is 0 Å². The molecule has 1 N–H and O–H groups in total. The van der Waals surface area contributed by atoms with Crippen molar-refractivity contribution in [2.75, 3.05) is 19.8 Å². The average molecular weight is 257 g/mol. The van der Waals surface area contributed by atoms with Crippen LogP contribution in [0.5, 0.6) is 5.75 Å². The molecule has 0 aliphatic carbocycles. The van der Waals surface area contributed by atoms with Gasteiger partial charge < -0.3 is 9.84 Å². The smallest absolute Gasteiger partial charge is 0.187 e. The molecule has 2 rings (SSSR count). The van der Waals surface area contributed by atoms with E-state index in [9.17, 15) is 8.78 Å². The summed E-state index contributed by atoms with van der Waals surface area (Å²) in [7, 11) is 0. The molecule has 3 nitrogen and oxygen atoms in total. The number of ether oxygens (including phenoxy) is 1. The second kappa shape index (κ2) is 5.63. The van der Waals surface area contributed by atoms with Gasteiger partial charge in [0.15, 0.2) is 17.4 Å². The van der Waals surface area contributed by atoms with Crippen LogP contribution in [0.15, 0.2) is 12.1 Å². The third kappa shape index (κ3) is 2.79. The molecule has 0 amide bonds. The molecule has 1 fully saturated rings. The van der Waals surface area contributed by atoms with Crippen molar-refractivity contribution in [2.45, 2.75) is 25.9 Å². The predicted octanol–water partition coefficient (Wildman–Crippen LogP) is 2.28. The summed E-state index contributed by atoms with van der Waals surface area (Å²) < 4.78 is 31.9. The van der Waals surface area contributed by atoms with Gasteiger partial charge in [-0.2, -0.15) is 0 Å². The molecular weight excluding hydrogens is 240 g/mol. The van der Waals surface area contributed by atoms with E-state index in [-0.39, 0.29) is 6.04 Å². The lowest BCUT2D eigenvalue weighted by Crippen LogP contribution is -2.44. The summed E-state index contributed by atoms with van der Waals surface area (Å²) >= 11 is 0. The highest BCUT2D eigenvalue weighted by Crippen LogP contribution is 2.23. The van der Waals surface area contributed by atoms with E-state index in [1.165, 1.54) is 12.1 Å². The van der Waals surface area contributed by atoms with Gasteiger partial charge in [-0.15, -0.1) is 0 Å². The van der Waals surface area contributed by atoms with E-state index in [4.69, 9.17) is 9.84 Å². The Kier molecular flexibility index (Phi) is 4.14. The number of nitrogens with zero attached hydrogens (tertiary/aromatic N) is 1. The molecule has 1 aliphatic rings. The van der Waals surface area contributed by atoms with E-state index in [0.717, 1.165) is 13.0 Å². The fraction of sp³-hybridized carbons (Fsp3) is 0.538. The van der Waals surface area contributed by atoms with Gasteiger partial charge in [-0.3, -0.25) is 4.90 Å². The summed E-state index contributed by atoms with van der Waals surface area (Å²) in [5.74, 6) is -2.73. The van der Waals surface area contributed by atoms with Crippen LogP contribution in [-0.4, -0.2) is 35.8 Å².